The summed E-state index contributed by atoms with van der Waals surface area (Å²) in [4.78, 5) is 4.61. The molecule has 2 aromatic carbocycles. The minimum Gasteiger partial charge on any atom is -0.356 e. The number of aliphatic imine (C=N–C) groups is 1. The fourth-order valence-electron chi connectivity index (χ4n) is 3.45. The van der Waals surface area contributed by atoms with Crippen LogP contribution in [0.4, 0.5) is 0 Å². The number of guanidine groups is 1. The Hall–Kier alpha value is -2.38. The maximum absolute atomic E-state index is 12.9. The van der Waals surface area contributed by atoms with Crippen LogP contribution < -0.4 is 10.6 Å². The summed E-state index contributed by atoms with van der Waals surface area (Å²) in [5.74, 6) is 0.699. The Morgan fingerprint density at radius 1 is 0.966 bits per heavy atom. The molecule has 156 valence electrons. The second-order valence-corrected chi connectivity index (χ2v) is 9.14. The Kier molecular flexibility index (Phi) is 7.66. The van der Waals surface area contributed by atoms with E-state index in [-0.39, 0.29) is 0 Å². The molecule has 2 N–H and O–H groups in total. The lowest BCUT2D eigenvalue weighted by Crippen LogP contribution is -2.38. The summed E-state index contributed by atoms with van der Waals surface area (Å²) < 4.78 is 27.4. The van der Waals surface area contributed by atoms with Gasteiger partial charge in [-0.05, 0) is 42.5 Å². The Morgan fingerprint density at radius 3 is 2.41 bits per heavy atom. The van der Waals surface area contributed by atoms with Crippen molar-refractivity contribution in [1.29, 1.82) is 0 Å². The molecular weight excluding hydrogens is 384 g/mol. The Balaban J connectivity index is 1.55. The van der Waals surface area contributed by atoms with E-state index in [0.29, 0.717) is 30.5 Å². The van der Waals surface area contributed by atoms with Crippen molar-refractivity contribution < 1.29 is 8.42 Å². The molecule has 0 unspecified atom stereocenters. The third kappa shape index (κ3) is 6.05. The Labute approximate surface area is 174 Å². The van der Waals surface area contributed by atoms with Gasteiger partial charge in [0.15, 0.2) is 5.96 Å². The van der Waals surface area contributed by atoms with Gasteiger partial charge in [0, 0.05) is 33.2 Å². The molecule has 3 rings (SSSR count). The first kappa shape index (κ1) is 21.3. The van der Waals surface area contributed by atoms with Crippen molar-refractivity contribution in [2.75, 3.05) is 26.7 Å². The van der Waals surface area contributed by atoms with Gasteiger partial charge < -0.3 is 10.6 Å². The number of nitrogens with one attached hydrogen (secondary N) is 2. The van der Waals surface area contributed by atoms with Gasteiger partial charge in [-0.2, -0.15) is 4.31 Å². The highest BCUT2D eigenvalue weighted by Crippen LogP contribution is 2.21. The molecule has 0 aliphatic carbocycles. The van der Waals surface area contributed by atoms with Crippen LogP contribution in [0, 0.1) is 0 Å². The van der Waals surface area contributed by atoms with Crippen LogP contribution in [-0.2, 0) is 23.0 Å². The number of hydrogen-bond donors (Lipinski definition) is 2. The molecule has 7 heteroatoms. The first-order chi connectivity index (χ1) is 14.1. The molecule has 1 heterocycles. The predicted molar refractivity (Wildman–Crippen MR) is 117 cm³/mol. The second kappa shape index (κ2) is 10.4. The number of sulfonamides is 1. The maximum atomic E-state index is 12.9. The van der Waals surface area contributed by atoms with Gasteiger partial charge in [0.1, 0.15) is 0 Å². The lowest BCUT2D eigenvalue weighted by atomic mass is 10.1. The maximum Gasteiger partial charge on any atom is 0.243 e. The van der Waals surface area contributed by atoms with E-state index in [0.717, 1.165) is 37.8 Å². The minimum atomic E-state index is -3.41. The summed E-state index contributed by atoms with van der Waals surface area (Å²) in [6, 6.07) is 17.5. The number of nitrogens with zero attached hydrogens (tertiary/aromatic N) is 2. The molecule has 0 saturated carbocycles. The van der Waals surface area contributed by atoms with Crippen molar-refractivity contribution in [2.45, 2.75) is 37.1 Å². The summed E-state index contributed by atoms with van der Waals surface area (Å²) >= 11 is 0. The molecule has 0 aromatic heterocycles. The highest BCUT2D eigenvalue weighted by molar-refractivity contribution is 7.89. The zero-order chi connectivity index (χ0) is 20.5. The molecule has 1 aliphatic rings. The van der Waals surface area contributed by atoms with Crippen molar-refractivity contribution in [1.82, 2.24) is 14.9 Å². The highest BCUT2D eigenvalue weighted by Gasteiger charge is 2.25. The van der Waals surface area contributed by atoms with Gasteiger partial charge in [0.2, 0.25) is 10.0 Å². The molecule has 1 fully saturated rings. The normalized spacial score (nSPS) is 15.8. The largest absolute Gasteiger partial charge is 0.356 e. The van der Waals surface area contributed by atoms with Crippen molar-refractivity contribution >= 4 is 16.0 Å². The van der Waals surface area contributed by atoms with Gasteiger partial charge in [-0.1, -0.05) is 48.9 Å². The van der Waals surface area contributed by atoms with Gasteiger partial charge in [-0.3, -0.25) is 4.99 Å². The molecule has 0 bridgehead atoms. The van der Waals surface area contributed by atoms with Gasteiger partial charge >= 0.3 is 0 Å². The number of rotatable bonds is 7. The van der Waals surface area contributed by atoms with Crippen LogP contribution in [-0.4, -0.2) is 45.4 Å². The number of piperidine rings is 1. The molecule has 0 atom stereocenters. The van der Waals surface area contributed by atoms with E-state index < -0.39 is 10.0 Å². The van der Waals surface area contributed by atoms with Crippen molar-refractivity contribution in [3.8, 4) is 0 Å². The third-order valence-corrected chi connectivity index (χ3v) is 6.98. The van der Waals surface area contributed by atoms with Crippen LogP contribution in [0.5, 0.6) is 0 Å². The standard InChI is InChI=1S/C22H30N4O2S/c1-23-22(24-14-13-19-9-4-2-5-10-19)25-18-20-11-8-12-21(17-20)29(27,28)26-15-6-3-7-16-26/h2,4-5,8-12,17H,3,6-7,13-16,18H2,1H3,(H2,23,24,25). The monoisotopic (exact) mass is 414 g/mol. The van der Waals surface area contributed by atoms with Gasteiger partial charge in [0.25, 0.3) is 0 Å². The second-order valence-electron chi connectivity index (χ2n) is 7.20. The minimum absolute atomic E-state index is 0.366. The van der Waals surface area contributed by atoms with Crippen LogP contribution in [0.2, 0.25) is 0 Å². The van der Waals surface area contributed by atoms with E-state index in [9.17, 15) is 8.42 Å². The summed E-state index contributed by atoms with van der Waals surface area (Å²) in [6.45, 7) is 2.51. The molecule has 29 heavy (non-hydrogen) atoms. The fraction of sp³-hybridized carbons (Fsp3) is 0.409. The van der Waals surface area contributed by atoms with E-state index >= 15 is 0 Å². The average Bonchev–Trinajstić information content (AvgIpc) is 2.77. The lowest BCUT2D eigenvalue weighted by Gasteiger charge is -2.26. The zero-order valence-electron chi connectivity index (χ0n) is 17.0. The van der Waals surface area contributed by atoms with Crippen LogP contribution in [0.3, 0.4) is 0 Å². The first-order valence-electron chi connectivity index (χ1n) is 10.2. The zero-order valence-corrected chi connectivity index (χ0v) is 17.8. The van der Waals surface area contributed by atoms with Crippen LogP contribution in [0.25, 0.3) is 0 Å². The molecular formula is C22H30N4O2S. The van der Waals surface area contributed by atoms with E-state index in [2.05, 4.69) is 27.8 Å². The average molecular weight is 415 g/mol. The number of hydrogen-bond acceptors (Lipinski definition) is 3. The molecule has 0 radical (unpaired) electrons. The van der Waals surface area contributed by atoms with Gasteiger partial charge in [-0.25, -0.2) is 8.42 Å². The van der Waals surface area contributed by atoms with E-state index in [1.165, 1.54) is 5.56 Å². The number of benzene rings is 2. The Bertz CT molecular complexity index is 907. The summed E-state index contributed by atoms with van der Waals surface area (Å²) in [6.07, 6.45) is 3.88. The van der Waals surface area contributed by atoms with E-state index in [1.807, 2.05) is 24.3 Å². The van der Waals surface area contributed by atoms with Crippen molar-refractivity contribution in [3.63, 3.8) is 0 Å². The predicted octanol–water partition coefficient (Wildman–Crippen LogP) is 2.77. The van der Waals surface area contributed by atoms with Crippen molar-refractivity contribution in [3.05, 3.63) is 65.7 Å². The first-order valence-corrected chi connectivity index (χ1v) is 11.6. The van der Waals surface area contributed by atoms with Crippen LogP contribution in [0.1, 0.15) is 30.4 Å². The van der Waals surface area contributed by atoms with Gasteiger partial charge in [0.05, 0.1) is 4.90 Å². The van der Waals surface area contributed by atoms with E-state index in [4.69, 9.17) is 0 Å². The molecule has 2 aromatic rings. The summed E-state index contributed by atoms with van der Waals surface area (Å²) in [5.41, 5.74) is 2.18. The molecule has 6 nitrogen and oxygen atoms in total. The fourth-order valence-corrected chi connectivity index (χ4v) is 5.03. The molecule has 0 amide bonds. The van der Waals surface area contributed by atoms with Crippen LogP contribution in [0.15, 0.2) is 64.5 Å². The van der Waals surface area contributed by atoms with E-state index in [1.54, 1.807) is 29.6 Å². The lowest BCUT2D eigenvalue weighted by molar-refractivity contribution is 0.346. The Morgan fingerprint density at radius 2 is 1.69 bits per heavy atom. The smallest absolute Gasteiger partial charge is 0.243 e. The summed E-state index contributed by atoms with van der Waals surface area (Å²) in [7, 11) is -1.68. The molecule has 1 saturated heterocycles. The highest BCUT2D eigenvalue weighted by atomic mass is 32.2. The quantitative estimate of drug-likeness (QED) is 0.540. The SMILES string of the molecule is CN=C(NCCc1ccccc1)NCc1cccc(S(=O)(=O)N2CCCCC2)c1. The van der Waals surface area contributed by atoms with Crippen LogP contribution >= 0.6 is 0 Å². The van der Waals surface area contributed by atoms with Gasteiger partial charge in [-0.15, -0.1) is 0 Å². The summed E-state index contributed by atoms with van der Waals surface area (Å²) in [5, 5.41) is 6.56. The third-order valence-electron chi connectivity index (χ3n) is 5.08. The topological polar surface area (TPSA) is 73.8 Å². The molecule has 1 aliphatic heterocycles. The molecule has 0 spiro atoms. The van der Waals surface area contributed by atoms with Crippen molar-refractivity contribution in [2.24, 2.45) is 4.99 Å².